The Morgan fingerprint density at radius 1 is 1.18 bits per heavy atom. The molecule has 1 unspecified atom stereocenters. The second-order valence-electron chi connectivity index (χ2n) is 8.91. The molecule has 0 spiro atoms. The second kappa shape index (κ2) is 8.62. The van der Waals surface area contributed by atoms with E-state index in [1.54, 1.807) is 9.80 Å². The Labute approximate surface area is 197 Å². The third-order valence-electron chi connectivity index (χ3n) is 6.16. The number of benzene rings is 1. The lowest BCUT2D eigenvalue weighted by Gasteiger charge is -2.22. The van der Waals surface area contributed by atoms with E-state index >= 15 is 0 Å². The molecule has 33 heavy (non-hydrogen) atoms. The molecule has 3 heterocycles. The summed E-state index contributed by atoms with van der Waals surface area (Å²) in [7, 11) is 1.83. The number of anilines is 2. The summed E-state index contributed by atoms with van der Waals surface area (Å²) >= 11 is 5.97. The van der Waals surface area contributed by atoms with E-state index in [-0.39, 0.29) is 18.1 Å². The molecule has 1 saturated heterocycles. The Kier molecular flexibility index (Phi) is 5.65. The van der Waals surface area contributed by atoms with Gasteiger partial charge >= 0.3 is 6.03 Å². The Morgan fingerprint density at radius 2 is 1.94 bits per heavy atom. The minimum Gasteiger partial charge on any atom is -0.346 e. The van der Waals surface area contributed by atoms with Crippen molar-refractivity contribution in [1.82, 2.24) is 29.4 Å². The lowest BCUT2D eigenvalue weighted by atomic mass is 10.2. The Morgan fingerprint density at radius 3 is 2.67 bits per heavy atom. The number of halogens is 1. The smallest absolute Gasteiger partial charge is 0.327 e. The molecule has 1 aliphatic carbocycles. The van der Waals surface area contributed by atoms with Crippen molar-refractivity contribution in [2.75, 3.05) is 23.8 Å². The van der Waals surface area contributed by atoms with E-state index < -0.39 is 0 Å². The van der Waals surface area contributed by atoms with Gasteiger partial charge in [0.25, 0.3) is 0 Å². The highest BCUT2D eigenvalue weighted by atomic mass is 35.5. The summed E-state index contributed by atoms with van der Waals surface area (Å²) in [6.45, 7) is 5.24. The summed E-state index contributed by atoms with van der Waals surface area (Å²) in [5.41, 5.74) is 2.02. The molecule has 1 N–H and O–H groups in total. The first-order chi connectivity index (χ1) is 15.9. The molecule has 3 aromatic rings. The SMILES string of the molecule is Cc1nc(N[C@@H](C)c2cn(Cc3ccc(Cl)cc3)cn2)nc(N2C(=O)N(C)CC2C2CC2)n1. The van der Waals surface area contributed by atoms with Crippen molar-refractivity contribution < 1.29 is 4.79 Å². The van der Waals surface area contributed by atoms with Crippen LogP contribution in [0.15, 0.2) is 36.8 Å². The van der Waals surface area contributed by atoms with E-state index in [2.05, 4.69) is 25.3 Å². The second-order valence-corrected chi connectivity index (χ2v) is 9.34. The molecule has 1 aromatic carbocycles. The first-order valence-electron chi connectivity index (χ1n) is 11.2. The number of carbonyl (C=O) groups excluding carboxylic acids is 1. The van der Waals surface area contributed by atoms with Crippen LogP contribution in [0.25, 0.3) is 0 Å². The van der Waals surface area contributed by atoms with Crippen LogP contribution in [0.1, 0.15) is 42.9 Å². The van der Waals surface area contributed by atoms with E-state index in [1.807, 2.05) is 62.3 Å². The maximum atomic E-state index is 12.8. The number of urea groups is 1. The molecule has 2 fully saturated rings. The first kappa shape index (κ1) is 21.6. The minimum absolute atomic E-state index is 0.0579. The van der Waals surface area contributed by atoms with Gasteiger partial charge < -0.3 is 14.8 Å². The van der Waals surface area contributed by atoms with Crippen molar-refractivity contribution >= 4 is 29.5 Å². The lowest BCUT2D eigenvalue weighted by molar-refractivity contribution is 0.229. The largest absolute Gasteiger partial charge is 0.346 e. The molecule has 9 nitrogen and oxygen atoms in total. The van der Waals surface area contributed by atoms with E-state index in [4.69, 9.17) is 11.6 Å². The molecule has 10 heteroatoms. The van der Waals surface area contributed by atoms with Gasteiger partial charge in [0, 0.05) is 31.4 Å². The molecule has 1 aliphatic heterocycles. The summed E-state index contributed by atoms with van der Waals surface area (Å²) < 4.78 is 2.03. The zero-order chi connectivity index (χ0) is 23.1. The van der Waals surface area contributed by atoms with Crippen LogP contribution in [-0.4, -0.2) is 55.1 Å². The molecule has 172 valence electrons. The number of imidazole rings is 1. The zero-order valence-electron chi connectivity index (χ0n) is 18.9. The van der Waals surface area contributed by atoms with Crippen LogP contribution < -0.4 is 10.2 Å². The Bertz CT molecular complexity index is 1160. The van der Waals surface area contributed by atoms with E-state index in [9.17, 15) is 4.79 Å². The summed E-state index contributed by atoms with van der Waals surface area (Å²) in [5.74, 6) is 1.95. The zero-order valence-corrected chi connectivity index (χ0v) is 19.7. The van der Waals surface area contributed by atoms with Gasteiger partial charge in [0.2, 0.25) is 11.9 Å². The number of carbonyl (C=O) groups is 1. The van der Waals surface area contributed by atoms with E-state index in [1.165, 1.54) is 0 Å². The molecule has 2 atom stereocenters. The monoisotopic (exact) mass is 466 g/mol. The average Bonchev–Trinajstić information content (AvgIpc) is 3.44. The van der Waals surface area contributed by atoms with E-state index in [0.29, 0.717) is 36.7 Å². The standard InChI is InChI=1S/C23H27ClN8O/c1-14(19-11-31(13-25-19)10-16-4-8-18(24)9-5-16)26-21-27-15(2)28-22(29-21)32-20(17-6-7-17)12-30(3)23(32)33/h4-5,8-9,11,13-14,17,20H,6-7,10,12H2,1-3H3,(H,26,27,28,29)/t14-,20?/m0/s1. The fourth-order valence-electron chi connectivity index (χ4n) is 4.24. The number of hydrogen-bond acceptors (Lipinski definition) is 6. The first-order valence-corrected chi connectivity index (χ1v) is 11.5. The summed E-state index contributed by atoms with van der Waals surface area (Å²) in [4.78, 5) is 34.4. The van der Waals surface area contributed by atoms with Crippen molar-refractivity contribution in [3.63, 3.8) is 0 Å². The van der Waals surface area contributed by atoms with Crippen molar-refractivity contribution in [3.8, 4) is 0 Å². The molecule has 1 saturated carbocycles. The van der Waals surface area contributed by atoms with Gasteiger partial charge in [-0.25, -0.2) is 9.78 Å². The highest BCUT2D eigenvalue weighted by molar-refractivity contribution is 6.30. The third kappa shape index (κ3) is 4.64. The number of amides is 2. The molecule has 2 aromatic heterocycles. The maximum Gasteiger partial charge on any atom is 0.327 e. The average molecular weight is 467 g/mol. The van der Waals surface area contributed by atoms with Crippen LogP contribution >= 0.6 is 11.6 Å². The molecule has 5 rings (SSSR count). The number of hydrogen-bond donors (Lipinski definition) is 1. The van der Waals surface area contributed by atoms with E-state index in [0.717, 1.165) is 29.1 Å². The predicted molar refractivity (Wildman–Crippen MR) is 126 cm³/mol. The fraction of sp³-hybridized carbons (Fsp3) is 0.435. The van der Waals surface area contributed by atoms with Gasteiger partial charge in [0.1, 0.15) is 5.82 Å². The van der Waals surface area contributed by atoms with Gasteiger partial charge in [0.15, 0.2) is 0 Å². The Hall–Kier alpha value is -3.20. The number of likely N-dealkylation sites (N-methyl/N-ethyl adjacent to an activating group) is 1. The summed E-state index contributed by atoms with van der Waals surface area (Å²) in [6, 6.07) is 7.72. The minimum atomic E-state index is -0.123. The topological polar surface area (TPSA) is 92.1 Å². The number of nitrogens with one attached hydrogen (secondary N) is 1. The van der Waals surface area contributed by atoms with Gasteiger partial charge in [-0.1, -0.05) is 23.7 Å². The fourth-order valence-corrected chi connectivity index (χ4v) is 4.36. The van der Waals surface area contributed by atoms with Crippen LogP contribution in [-0.2, 0) is 6.54 Å². The third-order valence-corrected chi connectivity index (χ3v) is 6.42. The van der Waals surface area contributed by atoms with Crippen LogP contribution in [0.3, 0.4) is 0 Å². The van der Waals surface area contributed by atoms with Gasteiger partial charge in [0.05, 0.1) is 24.1 Å². The quantitative estimate of drug-likeness (QED) is 0.567. The molecular weight excluding hydrogens is 440 g/mol. The molecule has 2 aliphatic rings. The van der Waals surface area contributed by atoms with Crippen molar-refractivity contribution in [2.24, 2.45) is 5.92 Å². The van der Waals surface area contributed by atoms with Crippen LogP contribution in [0, 0.1) is 12.8 Å². The number of aryl methyl sites for hydroxylation is 1. The molecule has 0 bridgehead atoms. The van der Waals surface area contributed by atoms with Gasteiger partial charge in [-0.2, -0.15) is 15.0 Å². The van der Waals surface area contributed by atoms with Crippen molar-refractivity contribution in [1.29, 1.82) is 0 Å². The Balaban J connectivity index is 1.31. The van der Waals surface area contributed by atoms with Crippen LogP contribution in [0.5, 0.6) is 0 Å². The predicted octanol–water partition coefficient (Wildman–Crippen LogP) is 3.90. The number of rotatable bonds is 7. The number of aromatic nitrogens is 5. The lowest BCUT2D eigenvalue weighted by Crippen LogP contribution is -2.37. The molecular formula is C23H27ClN8O. The van der Waals surface area contributed by atoms with Crippen molar-refractivity contribution in [2.45, 2.75) is 45.3 Å². The summed E-state index contributed by atoms with van der Waals surface area (Å²) in [5, 5.41) is 4.05. The van der Waals surface area contributed by atoms with Gasteiger partial charge in [-0.05, 0) is 50.3 Å². The maximum absolute atomic E-state index is 12.8. The van der Waals surface area contributed by atoms with Gasteiger partial charge in [-0.15, -0.1) is 0 Å². The number of nitrogens with zero attached hydrogens (tertiary/aromatic N) is 7. The van der Waals surface area contributed by atoms with Crippen LogP contribution in [0.4, 0.5) is 16.7 Å². The van der Waals surface area contributed by atoms with Crippen LogP contribution in [0.2, 0.25) is 5.02 Å². The molecule has 0 radical (unpaired) electrons. The van der Waals surface area contributed by atoms with Crippen molar-refractivity contribution in [3.05, 3.63) is 58.9 Å². The summed E-state index contributed by atoms with van der Waals surface area (Å²) in [6.07, 6.45) is 6.11. The highest BCUT2D eigenvalue weighted by Crippen LogP contribution is 2.39. The molecule has 2 amide bonds. The van der Waals surface area contributed by atoms with Gasteiger partial charge in [-0.3, -0.25) is 4.90 Å². The highest BCUT2D eigenvalue weighted by Gasteiger charge is 2.46. The normalized spacial score (nSPS) is 19.3.